The molecule has 0 fully saturated rings. The molecule has 0 saturated heterocycles. The van der Waals surface area contributed by atoms with E-state index in [9.17, 15) is 4.39 Å². The van der Waals surface area contributed by atoms with E-state index in [0.717, 1.165) is 0 Å². The van der Waals surface area contributed by atoms with Gasteiger partial charge in [0, 0.05) is 6.54 Å². The van der Waals surface area contributed by atoms with Gasteiger partial charge >= 0.3 is 0 Å². The topological polar surface area (TPSA) is 44.5 Å². The summed E-state index contributed by atoms with van der Waals surface area (Å²) in [5, 5.41) is 0. The summed E-state index contributed by atoms with van der Waals surface area (Å²) in [6.45, 7) is 0.264. The Morgan fingerprint density at radius 2 is 1.74 bits per heavy atom. The highest BCUT2D eigenvalue weighted by Crippen LogP contribution is 2.32. The first-order chi connectivity index (χ1) is 9.15. The average Bonchev–Trinajstić information content (AvgIpc) is 2.45. The molecule has 0 aliphatic rings. The Balaban J connectivity index is 2.25. The summed E-state index contributed by atoms with van der Waals surface area (Å²) in [7, 11) is 1.58. The predicted molar refractivity (Wildman–Crippen MR) is 75.1 cm³/mol. The normalized spacial score (nSPS) is 10.3. The van der Waals surface area contributed by atoms with Crippen molar-refractivity contribution in [2.24, 2.45) is 5.73 Å². The summed E-state index contributed by atoms with van der Waals surface area (Å²) in [5.74, 6) is 0.938. The van der Waals surface area contributed by atoms with Crippen LogP contribution in [0.3, 0.4) is 0 Å². The van der Waals surface area contributed by atoms with Crippen molar-refractivity contribution < 1.29 is 13.9 Å². The largest absolute Gasteiger partial charge is 0.497 e. The van der Waals surface area contributed by atoms with Gasteiger partial charge < -0.3 is 15.2 Å². The highest BCUT2D eigenvalue weighted by atomic mass is 79.9. The highest BCUT2D eigenvalue weighted by molar-refractivity contribution is 9.10. The Kier molecular flexibility index (Phi) is 4.39. The van der Waals surface area contributed by atoms with E-state index < -0.39 is 5.82 Å². The lowest BCUT2D eigenvalue weighted by molar-refractivity contribution is 0.411. The van der Waals surface area contributed by atoms with Gasteiger partial charge in [-0.25, -0.2) is 4.39 Å². The summed E-state index contributed by atoms with van der Waals surface area (Å²) in [5.41, 5.74) is 6.20. The van der Waals surface area contributed by atoms with Crippen LogP contribution in [0, 0.1) is 5.82 Å². The molecular weight excluding hydrogens is 313 g/mol. The minimum Gasteiger partial charge on any atom is -0.497 e. The van der Waals surface area contributed by atoms with Crippen LogP contribution in [0.1, 0.15) is 5.56 Å². The van der Waals surface area contributed by atoms with Crippen molar-refractivity contribution in [1.82, 2.24) is 0 Å². The van der Waals surface area contributed by atoms with Crippen molar-refractivity contribution in [3.05, 3.63) is 52.3 Å². The molecule has 0 unspecified atom stereocenters. The molecule has 0 aromatic heterocycles. The second-order valence-corrected chi connectivity index (χ2v) is 4.63. The Morgan fingerprint density at radius 1 is 1.11 bits per heavy atom. The fourth-order valence-electron chi connectivity index (χ4n) is 1.58. The Morgan fingerprint density at radius 3 is 2.32 bits per heavy atom. The Labute approximate surface area is 119 Å². The molecule has 3 nitrogen and oxygen atoms in total. The molecule has 0 spiro atoms. The number of hydrogen-bond acceptors (Lipinski definition) is 3. The molecule has 2 aromatic carbocycles. The summed E-state index contributed by atoms with van der Waals surface area (Å²) in [6, 6.07) is 10.2. The van der Waals surface area contributed by atoms with Gasteiger partial charge in [-0.15, -0.1) is 0 Å². The molecule has 0 heterocycles. The predicted octanol–water partition coefficient (Wildman–Crippen LogP) is 3.85. The second kappa shape index (κ2) is 6.04. The van der Waals surface area contributed by atoms with Crippen LogP contribution in [0.4, 0.5) is 4.39 Å². The molecule has 2 aromatic rings. The summed E-state index contributed by atoms with van der Waals surface area (Å²) < 4.78 is 24.9. The van der Waals surface area contributed by atoms with Crippen LogP contribution in [-0.2, 0) is 6.54 Å². The quantitative estimate of drug-likeness (QED) is 0.928. The van der Waals surface area contributed by atoms with E-state index in [1.807, 2.05) is 0 Å². The molecule has 5 heteroatoms. The van der Waals surface area contributed by atoms with Crippen molar-refractivity contribution >= 4 is 15.9 Å². The lowest BCUT2D eigenvalue weighted by Crippen LogP contribution is -2.00. The monoisotopic (exact) mass is 325 g/mol. The van der Waals surface area contributed by atoms with Crippen LogP contribution in [0.2, 0.25) is 0 Å². The summed E-state index contributed by atoms with van der Waals surface area (Å²) in [6.07, 6.45) is 0. The highest BCUT2D eigenvalue weighted by Gasteiger charge is 2.12. The van der Waals surface area contributed by atoms with Crippen LogP contribution in [0.15, 0.2) is 40.9 Å². The molecule has 0 bridgehead atoms. The van der Waals surface area contributed by atoms with Crippen molar-refractivity contribution in [3.63, 3.8) is 0 Å². The van der Waals surface area contributed by atoms with Gasteiger partial charge in [-0.1, -0.05) is 6.07 Å². The second-order valence-electron chi connectivity index (χ2n) is 3.83. The molecule has 100 valence electrons. The standard InChI is InChI=1S/C14H13BrFNO2/c1-18-10-3-5-11(6-4-10)19-12-7-2-9(8-17)13(15)14(12)16/h2-7H,8,17H2,1H3. The fraction of sp³-hybridized carbons (Fsp3) is 0.143. The maximum Gasteiger partial charge on any atom is 0.180 e. The number of hydrogen-bond donors (Lipinski definition) is 1. The van der Waals surface area contributed by atoms with E-state index in [4.69, 9.17) is 15.2 Å². The third kappa shape index (κ3) is 3.05. The van der Waals surface area contributed by atoms with Crippen LogP contribution in [0.25, 0.3) is 0 Å². The van der Waals surface area contributed by atoms with Gasteiger partial charge in [-0.05, 0) is 51.8 Å². The smallest absolute Gasteiger partial charge is 0.180 e. The van der Waals surface area contributed by atoms with Crippen LogP contribution >= 0.6 is 15.9 Å². The molecule has 0 aliphatic heterocycles. The lowest BCUT2D eigenvalue weighted by Gasteiger charge is -2.10. The molecule has 2 N–H and O–H groups in total. The van der Waals surface area contributed by atoms with E-state index in [2.05, 4.69) is 15.9 Å². The van der Waals surface area contributed by atoms with E-state index in [-0.39, 0.29) is 12.3 Å². The molecule has 0 aliphatic carbocycles. The van der Waals surface area contributed by atoms with Gasteiger partial charge in [0.1, 0.15) is 11.5 Å². The molecule has 2 rings (SSSR count). The zero-order valence-corrected chi connectivity index (χ0v) is 11.9. The van der Waals surface area contributed by atoms with Gasteiger partial charge in [0.2, 0.25) is 0 Å². The average molecular weight is 326 g/mol. The Bertz CT molecular complexity index is 572. The minimum atomic E-state index is -0.459. The summed E-state index contributed by atoms with van der Waals surface area (Å²) >= 11 is 3.17. The number of halogens is 2. The first-order valence-corrected chi connectivity index (χ1v) is 6.44. The minimum absolute atomic E-state index is 0.147. The number of nitrogens with two attached hydrogens (primary N) is 1. The van der Waals surface area contributed by atoms with Crippen molar-refractivity contribution in [3.8, 4) is 17.2 Å². The van der Waals surface area contributed by atoms with Crippen molar-refractivity contribution in [1.29, 1.82) is 0 Å². The first kappa shape index (κ1) is 13.8. The molecule has 0 amide bonds. The summed E-state index contributed by atoms with van der Waals surface area (Å²) in [4.78, 5) is 0. The van der Waals surface area contributed by atoms with Gasteiger partial charge in [0.25, 0.3) is 0 Å². The third-order valence-corrected chi connectivity index (χ3v) is 3.49. The third-order valence-electron chi connectivity index (χ3n) is 2.63. The molecule has 0 radical (unpaired) electrons. The van der Waals surface area contributed by atoms with E-state index in [1.165, 1.54) is 0 Å². The van der Waals surface area contributed by atoms with E-state index >= 15 is 0 Å². The zero-order valence-electron chi connectivity index (χ0n) is 10.3. The van der Waals surface area contributed by atoms with Gasteiger partial charge in [-0.3, -0.25) is 0 Å². The van der Waals surface area contributed by atoms with Crippen LogP contribution < -0.4 is 15.2 Å². The number of benzene rings is 2. The van der Waals surface area contributed by atoms with Crippen LogP contribution in [-0.4, -0.2) is 7.11 Å². The first-order valence-electron chi connectivity index (χ1n) is 5.64. The molecular formula is C14H13BrFNO2. The van der Waals surface area contributed by atoms with Crippen LogP contribution in [0.5, 0.6) is 17.2 Å². The van der Waals surface area contributed by atoms with Crippen molar-refractivity contribution in [2.75, 3.05) is 7.11 Å². The van der Waals surface area contributed by atoms with Gasteiger partial charge in [-0.2, -0.15) is 0 Å². The number of ether oxygens (including phenoxy) is 2. The molecule has 0 atom stereocenters. The van der Waals surface area contributed by atoms with E-state index in [0.29, 0.717) is 21.5 Å². The maximum absolute atomic E-state index is 14.0. The zero-order chi connectivity index (χ0) is 13.8. The van der Waals surface area contributed by atoms with Gasteiger partial charge in [0.05, 0.1) is 11.6 Å². The SMILES string of the molecule is COc1ccc(Oc2ccc(CN)c(Br)c2F)cc1. The van der Waals surface area contributed by atoms with E-state index in [1.54, 1.807) is 43.5 Å². The maximum atomic E-state index is 14.0. The molecule has 0 saturated carbocycles. The fourth-order valence-corrected chi connectivity index (χ4v) is 2.07. The Hall–Kier alpha value is -1.59. The number of rotatable bonds is 4. The van der Waals surface area contributed by atoms with Crippen molar-refractivity contribution in [2.45, 2.75) is 6.54 Å². The number of methoxy groups -OCH3 is 1. The van der Waals surface area contributed by atoms with Gasteiger partial charge in [0.15, 0.2) is 11.6 Å². The lowest BCUT2D eigenvalue weighted by atomic mass is 10.2. The molecule has 19 heavy (non-hydrogen) atoms.